The number of anilines is 1. The van der Waals surface area contributed by atoms with Gasteiger partial charge in [-0.2, -0.15) is 0 Å². The van der Waals surface area contributed by atoms with Gasteiger partial charge in [0.05, 0.1) is 24.6 Å². The SMILES string of the molecule is O=C(C1CCCN(c2ccc3ccccc3n2)C1)N1CCOCC1. The van der Waals surface area contributed by atoms with Crippen molar-refractivity contribution in [2.75, 3.05) is 44.3 Å². The summed E-state index contributed by atoms with van der Waals surface area (Å²) in [7, 11) is 0. The van der Waals surface area contributed by atoms with E-state index in [9.17, 15) is 4.79 Å². The number of ether oxygens (including phenoxy) is 1. The van der Waals surface area contributed by atoms with Gasteiger partial charge in [0.2, 0.25) is 5.91 Å². The van der Waals surface area contributed by atoms with Gasteiger partial charge in [0.1, 0.15) is 5.82 Å². The number of nitrogens with zero attached hydrogens (tertiary/aromatic N) is 3. The van der Waals surface area contributed by atoms with Gasteiger partial charge in [-0.1, -0.05) is 18.2 Å². The van der Waals surface area contributed by atoms with Crippen LogP contribution in [0.1, 0.15) is 12.8 Å². The maximum Gasteiger partial charge on any atom is 0.227 e. The average Bonchev–Trinajstić information content (AvgIpc) is 2.68. The lowest BCUT2D eigenvalue weighted by Gasteiger charge is -2.36. The highest BCUT2D eigenvalue weighted by molar-refractivity contribution is 5.81. The van der Waals surface area contributed by atoms with E-state index in [1.807, 2.05) is 23.1 Å². The molecule has 2 aliphatic rings. The molecule has 4 rings (SSSR count). The van der Waals surface area contributed by atoms with Crippen LogP contribution in [0.5, 0.6) is 0 Å². The smallest absolute Gasteiger partial charge is 0.227 e. The Balaban J connectivity index is 1.50. The van der Waals surface area contributed by atoms with Gasteiger partial charge in [-0.25, -0.2) is 4.98 Å². The number of rotatable bonds is 2. The second kappa shape index (κ2) is 6.77. The molecule has 1 aromatic carbocycles. The van der Waals surface area contributed by atoms with E-state index >= 15 is 0 Å². The van der Waals surface area contributed by atoms with E-state index in [-0.39, 0.29) is 11.8 Å². The first-order chi connectivity index (χ1) is 11.8. The third kappa shape index (κ3) is 3.08. The highest BCUT2D eigenvalue weighted by Crippen LogP contribution is 2.25. The van der Waals surface area contributed by atoms with Crippen LogP contribution in [0.3, 0.4) is 0 Å². The maximum absolute atomic E-state index is 12.8. The standard InChI is InChI=1S/C19H23N3O2/c23-19(21-10-12-24-13-11-21)16-5-3-9-22(14-16)18-8-7-15-4-1-2-6-17(15)20-18/h1-2,4,6-8,16H,3,5,9-14H2. The van der Waals surface area contributed by atoms with E-state index in [1.54, 1.807) is 0 Å². The van der Waals surface area contributed by atoms with E-state index in [4.69, 9.17) is 9.72 Å². The molecule has 5 heteroatoms. The molecule has 0 bridgehead atoms. The number of carbonyl (C=O) groups excluding carboxylic acids is 1. The Morgan fingerprint density at radius 2 is 1.92 bits per heavy atom. The molecule has 5 nitrogen and oxygen atoms in total. The molecule has 0 saturated carbocycles. The van der Waals surface area contributed by atoms with Crippen molar-refractivity contribution < 1.29 is 9.53 Å². The number of hydrogen-bond acceptors (Lipinski definition) is 4. The van der Waals surface area contributed by atoms with Crippen LogP contribution in [-0.2, 0) is 9.53 Å². The van der Waals surface area contributed by atoms with Gasteiger partial charge in [-0.3, -0.25) is 4.79 Å². The number of amides is 1. The minimum absolute atomic E-state index is 0.0742. The number of hydrogen-bond donors (Lipinski definition) is 0. The number of morpholine rings is 1. The molecule has 126 valence electrons. The molecular weight excluding hydrogens is 302 g/mol. The van der Waals surface area contributed by atoms with Crippen LogP contribution in [0.15, 0.2) is 36.4 Å². The summed E-state index contributed by atoms with van der Waals surface area (Å²) in [6.07, 6.45) is 2.01. The fourth-order valence-electron chi connectivity index (χ4n) is 3.66. The summed E-state index contributed by atoms with van der Waals surface area (Å²) < 4.78 is 5.35. The molecule has 0 spiro atoms. The van der Waals surface area contributed by atoms with Crippen molar-refractivity contribution in [3.63, 3.8) is 0 Å². The quantitative estimate of drug-likeness (QED) is 0.850. The first-order valence-electron chi connectivity index (χ1n) is 8.78. The molecule has 0 aliphatic carbocycles. The Kier molecular flexibility index (Phi) is 4.34. The number of aromatic nitrogens is 1. The Labute approximate surface area is 142 Å². The second-order valence-corrected chi connectivity index (χ2v) is 6.58. The van der Waals surface area contributed by atoms with Gasteiger partial charge >= 0.3 is 0 Å². The minimum atomic E-state index is 0.0742. The van der Waals surface area contributed by atoms with E-state index in [2.05, 4.69) is 23.1 Å². The molecule has 0 N–H and O–H groups in total. The lowest BCUT2D eigenvalue weighted by Crippen LogP contribution is -2.48. The summed E-state index contributed by atoms with van der Waals surface area (Å²) in [5.41, 5.74) is 1.01. The number of carbonyl (C=O) groups is 1. The first-order valence-corrected chi connectivity index (χ1v) is 8.78. The monoisotopic (exact) mass is 325 g/mol. The molecule has 1 unspecified atom stereocenters. The number of pyridine rings is 1. The zero-order valence-corrected chi connectivity index (χ0v) is 13.9. The third-order valence-electron chi connectivity index (χ3n) is 5.00. The summed E-state index contributed by atoms with van der Waals surface area (Å²) in [5.74, 6) is 1.34. The van der Waals surface area contributed by atoms with Gasteiger partial charge in [-0.15, -0.1) is 0 Å². The van der Waals surface area contributed by atoms with Crippen LogP contribution >= 0.6 is 0 Å². The molecule has 1 aromatic heterocycles. The molecular formula is C19H23N3O2. The summed E-state index contributed by atoms with van der Waals surface area (Å²) in [5, 5.41) is 1.15. The minimum Gasteiger partial charge on any atom is -0.378 e. The summed E-state index contributed by atoms with van der Waals surface area (Å²) in [6, 6.07) is 12.4. The van der Waals surface area contributed by atoms with Crippen LogP contribution < -0.4 is 4.90 Å². The summed E-state index contributed by atoms with van der Waals surface area (Å²) in [6.45, 7) is 4.51. The fourth-order valence-corrected chi connectivity index (χ4v) is 3.66. The van der Waals surface area contributed by atoms with Crippen molar-refractivity contribution in [1.82, 2.24) is 9.88 Å². The summed E-state index contributed by atoms with van der Waals surface area (Å²) >= 11 is 0. The molecule has 0 radical (unpaired) electrons. The van der Waals surface area contributed by atoms with Crippen molar-refractivity contribution in [3.8, 4) is 0 Å². The number of para-hydroxylation sites is 1. The van der Waals surface area contributed by atoms with Crippen molar-refractivity contribution >= 4 is 22.6 Å². The van der Waals surface area contributed by atoms with Crippen molar-refractivity contribution in [2.45, 2.75) is 12.8 Å². The zero-order chi connectivity index (χ0) is 16.4. The van der Waals surface area contributed by atoms with Crippen molar-refractivity contribution in [2.24, 2.45) is 5.92 Å². The maximum atomic E-state index is 12.8. The van der Waals surface area contributed by atoms with Crippen LogP contribution in [0, 0.1) is 5.92 Å². The molecule has 1 amide bonds. The van der Waals surface area contributed by atoms with Gasteiger partial charge < -0.3 is 14.5 Å². The Morgan fingerprint density at radius 3 is 2.79 bits per heavy atom. The van der Waals surface area contributed by atoms with Gasteiger partial charge in [0.25, 0.3) is 0 Å². The second-order valence-electron chi connectivity index (χ2n) is 6.58. The van der Waals surface area contributed by atoms with E-state index < -0.39 is 0 Å². The number of piperidine rings is 1. The zero-order valence-electron chi connectivity index (χ0n) is 13.9. The molecule has 2 aromatic rings. The number of fused-ring (bicyclic) bond motifs is 1. The Bertz CT molecular complexity index is 727. The molecule has 3 heterocycles. The molecule has 2 saturated heterocycles. The highest BCUT2D eigenvalue weighted by atomic mass is 16.5. The first kappa shape index (κ1) is 15.4. The Morgan fingerprint density at radius 1 is 1.08 bits per heavy atom. The third-order valence-corrected chi connectivity index (χ3v) is 5.00. The topological polar surface area (TPSA) is 45.7 Å². The van der Waals surface area contributed by atoms with Crippen LogP contribution in [-0.4, -0.2) is 55.2 Å². The van der Waals surface area contributed by atoms with Gasteiger partial charge in [-0.05, 0) is 31.0 Å². The molecule has 1 atom stereocenters. The Hall–Kier alpha value is -2.14. The summed E-state index contributed by atoms with van der Waals surface area (Å²) in [4.78, 5) is 21.8. The number of benzene rings is 1. The van der Waals surface area contributed by atoms with Crippen molar-refractivity contribution in [1.29, 1.82) is 0 Å². The largest absolute Gasteiger partial charge is 0.378 e. The van der Waals surface area contributed by atoms with Crippen LogP contribution in [0.25, 0.3) is 10.9 Å². The predicted molar refractivity (Wildman–Crippen MR) is 94.1 cm³/mol. The van der Waals surface area contributed by atoms with E-state index in [1.165, 1.54) is 0 Å². The highest BCUT2D eigenvalue weighted by Gasteiger charge is 2.30. The van der Waals surface area contributed by atoms with E-state index in [0.29, 0.717) is 13.2 Å². The lowest BCUT2D eigenvalue weighted by atomic mass is 9.96. The molecule has 24 heavy (non-hydrogen) atoms. The van der Waals surface area contributed by atoms with Gasteiger partial charge in [0.15, 0.2) is 0 Å². The normalized spacial score (nSPS) is 21.9. The molecule has 2 fully saturated rings. The van der Waals surface area contributed by atoms with Crippen molar-refractivity contribution in [3.05, 3.63) is 36.4 Å². The van der Waals surface area contributed by atoms with E-state index in [0.717, 1.165) is 55.7 Å². The lowest BCUT2D eigenvalue weighted by molar-refractivity contribution is -0.139. The van der Waals surface area contributed by atoms with Gasteiger partial charge in [0, 0.05) is 31.6 Å². The fraction of sp³-hybridized carbons (Fsp3) is 0.474. The van der Waals surface area contributed by atoms with Crippen LogP contribution in [0.4, 0.5) is 5.82 Å². The predicted octanol–water partition coefficient (Wildman–Crippen LogP) is 2.31. The van der Waals surface area contributed by atoms with Crippen LogP contribution in [0.2, 0.25) is 0 Å². The average molecular weight is 325 g/mol. The molecule has 2 aliphatic heterocycles.